The third-order valence-corrected chi connectivity index (χ3v) is 9.52. The molecule has 0 saturated heterocycles. The minimum atomic E-state index is 0.779. The third-order valence-electron chi connectivity index (χ3n) is 9.52. The van der Waals surface area contributed by atoms with Crippen LogP contribution in [0.25, 0.3) is 16.7 Å². The zero-order chi connectivity index (χ0) is 25.7. The van der Waals surface area contributed by atoms with E-state index in [-0.39, 0.29) is 0 Å². The number of hydrogen-bond acceptors (Lipinski definition) is 0. The molecule has 2 aromatic carbocycles. The van der Waals surface area contributed by atoms with Gasteiger partial charge in [-0.25, -0.2) is 0 Å². The average Bonchev–Trinajstić information content (AvgIpc) is 2.96. The number of hydrogen-bond donors (Lipinski definition) is 0. The Bertz CT molecular complexity index is 908. The van der Waals surface area contributed by atoms with E-state index in [9.17, 15) is 0 Å². The van der Waals surface area contributed by atoms with Gasteiger partial charge in [-0.3, -0.25) is 0 Å². The summed E-state index contributed by atoms with van der Waals surface area (Å²) in [7, 11) is 0. The zero-order valence-corrected chi connectivity index (χ0v) is 24.2. The summed E-state index contributed by atoms with van der Waals surface area (Å²) in [6, 6.07) is 19.0. The predicted octanol–water partition coefficient (Wildman–Crippen LogP) is 12.1. The molecule has 0 aromatic heterocycles. The van der Waals surface area contributed by atoms with Crippen LogP contribution in [-0.4, -0.2) is 0 Å². The van der Waals surface area contributed by atoms with Gasteiger partial charge in [0.25, 0.3) is 0 Å². The third kappa shape index (κ3) is 8.87. The van der Waals surface area contributed by atoms with Crippen LogP contribution in [-0.2, 0) is 0 Å². The van der Waals surface area contributed by atoms with Gasteiger partial charge in [-0.1, -0.05) is 139 Å². The molecule has 2 aromatic rings. The van der Waals surface area contributed by atoms with E-state index >= 15 is 0 Å². The number of allylic oxidation sites excluding steroid dienone is 2. The molecule has 1 unspecified atom stereocenters. The highest BCUT2D eigenvalue weighted by Crippen LogP contribution is 2.39. The molecule has 0 radical (unpaired) electrons. The Hall–Kier alpha value is -1.82. The quantitative estimate of drug-likeness (QED) is 0.227. The summed E-state index contributed by atoms with van der Waals surface area (Å²) >= 11 is 0. The first kappa shape index (κ1) is 28.2. The maximum atomic E-state index is 2.53. The summed E-state index contributed by atoms with van der Waals surface area (Å²) in [5.41, 5.74) is 7.29. The van der Waals surface area contributed by atoms with E-state index in [1.165, 1.54) is 132 Å². The van der Waals surface area contributed by atoms with Crippen molar-refractivity contribution in [1.82, 2.24) is 0 Å². The minimum absolute atomic E-state index is 0.779. The van der Waals surface area contributed by atoms with Crippen molar-refractivity contribution in [3.8, 4) is 11.1 Å². The highest BCUT2D eigenvalue weighted by Gasteiger charge is 2.22. The smallest absolute Gasteiger partial charge is 0.0162 e. The molecule has 0 amide bonds. The summed E-state index contributed by atoms with van der Waals surface area (Å²) in [6.45, 7) is 4.61. The van der Waals surface area contributed by atoms with Crippen molar-refractivity contribution in [1.29, 1.82) is 0 Å². The van der Waals surface area contributed by atoms with Gasteiger partial charge in [0.15, 0.2) is 0 Å². The van der Waals surface area contributed by atoms with E-state index in [1.807, 2.05) is 0 Å². The van der Waals surface area contributed by atoms with Crippen molar-refractivity contribution in [2.24, 2.45) is 11.8 Å². The Balaban J connectivity index is 1.22. The lowest BCUT2D eigenvalue weighted by Gasteiger charge is -2.29. The maximum Gasteiger partial charge on any atom is -0.0162 e. The van der Waals surface area contributed by atoms with Crippen molar-refractivity contribution in [3.63, 3.8) is 0 Å². The summed E-state index contributed by atoms with van der Waals surface area (Å²) < 4.78 is 0. The van der Waals surface area contributed by atoms with Crippen LogP contribution >= 0.6 is 0 Å². The van der Waals surface area contributed by atoms with Crippen LogP contribution in [0.4, 0.5) is 0 Å². The first-order chi connectivity index (χ1) is 18.3. The highest BCUT2D eigenvalue weighted by molar-refractivity contribution is 5.71. The zero-order valence-electron chi connectivity index (χ0n) is 24.2. The number of unbranched alkanes of at least 4 members (excludes halogenated alkanes) is 7. The first-order valence-electron chi connectivity index (χ1n) is 16.2. The summed E-state index contributed by atoms with van der Waals surface area (Å²) in [6.07, 6.45) is 27.8. The van der Waals surface area contributed by atoms with E-state index < -0.39 is 0 Å². The molecule has 2 aliphatic rings. The van der Waals surface area contributed by atoms with E-state index in [0.717, 1.165) is 17.8 Å². The van der Waals surface area contributed by atoms with Crippen molar-refractivity contribution >= 4 is 5.57 Å². The number of rotatable bonds is 14. The lowest BCUT2D eigenvalue weighted by atomic mass is 9.77. The molecule has 202 valence electrons. The first-order valence-corrected chi connectivity index (χ1v) is 16.2. The Morgan fingerprint density at radius 1 is 0.541 bits per heavy atom. The normalized spacial score (nSPS) is 22.1. The molecule has 0 heteroatoms. The molecule has 0 bridgehead atoms. The molecule has 0 aliphatic heterocycles. The molecule has 37 heavy (non-hydrogen) atoms. The second-order valence-corrected chi connectivity index (χ2v) is 12.3. The molecule has 0 spiro atoms. The second kappa shape index (κ2) is 15.6. The van der Waals surface area contributed by atoms with Crippen LogP contribution in [0.2, 0.25) is 0 Å². The molecular formula is C37H54. The van der Waals surface area contributed by atoms with Gasteiger partial charge in [-0.2, -0.15) is 0 Å². The van der Waals surface area contributed by atoms with Crippen molar-refractivity contribution < 1.29 is 0 Å². The topological polar surface area (TPSA) is 0 Å². The molecule has 0 heterocycles. The van der Waals surface area contributed by atoms with Crippen LogP contribution in [0, 0.1) is 11.8 Å². The summed E-state index contributed by atoms with van der Waals surface area (Å²) in [4.78, 5) is 0. The van der Waals surface area contributed by atoms with Gasteiger partial charge >= 0.3 is 0 Å². The molecule has 1 atom stereocenters. The number of benzene rings is 2. The van der Waals surface area contributed by atoms with Crippen molar-refractivity contribution in [3.05, 3.63) is 65.7 Å². The van der Waals surface area contributed by atoms with Gasteiger partial charge in [0, 0.05) is 0 Å². The molecule has 4 rings (SSSR count). The van der Waals surface area contributed by atoms with Gasteiger partial charge in [-0.15, -0.1) is 0 Å². The second-order valence-electron chi connectivity index (χ2n) is 12.3. The van der Waals surface area contributed by atoms with Crippen LogP contribution in [0.1, 0.15) is 146 Å². The lowest BCUT2D eigenvalue weighted by Crippen LogP contribution is -2.13. The van der Waals surface area contributed by atoms with Crippen LogP contribution in [0.3, 0.4) is 0 Å². The fraction of sp³-hybridized carbons (Fsp3) is 0.622. The van der Waals surface area contributed by atoms with E-state index in [2.05, 4.69) is 68.5 Å². The Morgan fingerprint density at radius 2 is 1.08 bits per heavy atom. The fourth-order valence-electron chi connectivity index (χ4n) is 6.92. The van der Waals surface area contributed by atoms with E-state index in [0.29, 0.717) is 0 Å². The Labute approximate surface area is 229 Å². The molecule has 1 fully saturated rings. The fourth-order valence-corrected chi connectivity index (χ4v) is 6.92. The minimum Gasteiger partial charge on any atom is -0.0804 e. The standard InChI is InChI=1S/C37H54/c1-3-5-7-8-9-11-13-31-16-20-33(21-17-31)35-24-28-37(29-25-35)36-26-22-34(23-27-36)32-18-14-30(15-19-32)12-10-6-4-2/h18,22-31,33H,3-17,19-21H2,1-2H3. The molecule has 0 nitrogen and oxygen atoms in total. The van der Waals surface area contributed by atoms with Crippen molar-refractivity contribution in [2.75, 3.05) is 0 Å². The largest absolute Gasteiger partial charge is 0.0804 e. The van der Waals surface area contributed by atoms with Crippen LogP contribution in [0.15, 0.2) is 54.6 Å². The van der Waals surface area contributed by atoms with Crippen LogP contribution in [0.5, 0.6) is 0 Å². The van der Waals surface area contributed by atoms with E-state index in [1.54, 1.807) is 11.1 Å². The van der Waals surface area contributed by atoms with Crippen molar-refractivity contribution in [2.45, 2.75) is 135 Å². The molecule has 0 N–H and O–H groups in total. The van der Waals surface area contributed by atoms with Gasteiger partial charge < -0.3 is 0 Å². The van der Waals surface area contributed by atoms with E-state index in [4.69, 9.17) is 0 Å². The summed E-state index contributed by atoms with van der Waals surface area (Å²) in [5, 5.41) is 0. The van der Waals surface area contributed by atoms with Gasteiger partial charge in [-0.05, 0) is 90.5 Å². The molecule has 1 saturated carbocycles. The molecule has 2 aliphatic carbocycles. The van der Waals surface area contributed by atoms with Gasteiger partial charge in [0.1, 0.15) is 0 Å². The molecular weight excluding hydrogens is 444 g/mol. The predicted molar refractivity (Wildman–Crippen MR) is 164 cm³/mol. The summed E-state index contributed by atoms with van der Waals surface area (Å²) in [5.74, 6) is 2.69. The monoisotopic (exact) mass is 498 g/mol. The van der Waals surface area contributed by atoms with Crippen LogP contribution < -0.4 is 0 Å². The Morgan fingerprint density at radius 3 is 1.73 bits per heavy atom. The maximum absolute atomic E-state index is 2.53. The SMILES string of the molecule is CCCCCCCCC1CCC(c2ccc(-c3ccc(C4=CCC(CCCCC)CC4)cc3)cc2)CC1. The van der Waals surface area contributed by atoms with Gasteiger partial charge in [0.2, 0.25) is 0 Å². The Kier molecular flexibility index (Phi) is 11.9. The average molecular weight is 499 g/mol. The van der Waals surface area contributed by atoms with Gasteiger partial charge in [0.05, 0.1) is 0 Å². The lowest BCUT2D eigenvalue weighted by molar-refractivity contribution is 0.302. The highest BCUT2D eigenvalue weighted by atomic mass is 14.3.